The molecule has 0 N–H and O–H groups in total. The van der Waals surface area contributed by atoms with Crippen LogP contribution in [0, 0.1) is 0 Å². The normalized spacial score (nSPS) is 16.1. The molecule has 0 spiro atoms. The van der Waals surface area contributed by atoms with Crippen LogP contribution in [0.5, 0.6) is 0 Å². The highest BCUT2D eigenvalue weighted by molar-refractivity contribution is 7.98. The van der Waals surface area contributed by atoms with Gasteiger partial charge < -0.3 is 4.57 Å². The third kappa shape index (κ3) is 3.56. The lowest BCUT2D eigenvalue weighted by atomic mass is 10.2. The number of piperidine rings is 1. The fourth-order valence-electron chi connectivity index (χ4n) is 3.50. The second kappa shape index (κ2) is 7.84. The number of rotatable bonds is 6. The van der Waals surface area contributed by atoms with Gasteiger partial charge in [0.15, 0.2) is 5.16 Å². The summed E-state index contributed by atoms with van der Waals surface area (Å²) in [5, 5.41) is 4.95. The van der Waals surface area contributed by atoms with E-state index in [9.17, 15) is 8.42 Å². The van der Waals surface area contributed by atoms with Gasteiger partial charge in [0.25, 0.3) is 0 Å². The molecule has 0 amide bonds. The van der Waals surface area contributed by atoms with Crippen LogP contribution in [-0.2, 0) is 29.4 Å². The molecule has 3 aromatic rings. The first kappa shape index (κ1) is 19.4. The zero-order valence-electron chi connectivity index (χ0n) is 16.1. The highest BCUT2D eigenvalue weighted by Crippen LogP contribution is 2.29. The Labute approximate surface area is 169 Å². The SMILES string of the molecule is CCn1c(SCc2ncnn2C)nc2cc(S(=O)(=O)N3CCCCC3)ccc21. The number of hydrogen-bond donors (Lipinski definition) is 0. The van der Waals surface area contributed by atoms with E-state index in [0.29, 0.717) is 29.3 Å². The van der Waals surface area contributed by atoms with Crippen molar-refractivity contribution in [3.63, 3.8) is 0 Å². The summed E-state index contributed by atoms with van der Waals surface area (Å²) in [4.78, 5) is 9.29. The van der Waals surface area contributed by atoms with Gasteiger partial charge >= 0.3 is 0 Å². The Hall–Kier alpha value is -1.91. The number of aryl methyl sites for hydroxylation is 2. The number of benzene rings is 1. The fraction of sp³-hybridized carbons (Fsp3) is 0.500. The molecule has 2 aromatic heterocycles. The number of fused-ring (bicyclic) bond motifs is 1. The van der Waals surface area contributed by atoms with Gasteiger partial charge in [0.05, 0.1) is 21.7 Å². The molecule has 1 saturated heterocycles. The Balaban J connectivity index is 1.65. The topological polar surface area (TPSA) is 85.9 Å². The first-order valence-corrected chi connectivity index (χ1v) is 11.9. The highest BCUT2D eigenvalue weighted by Gasteiger charge is 2.26. The maximum atomic E-state index is 13.0. The third-order valence-electron chi connectivity index (χ3n) is 5.09. The van der Waals surface area contributed by atoms with Crippen LogP contribution in [0.25, 0.3) is 11.0 Å². The zero-order chi connectivity index (χ0) is 19.7. The Morgan fingerprint density at radius 2 is 1.96 bits per heavy atom. The van der Waals surface area contributed by atoms with Crippen LogP contribution < -0.4 is 0 Å². The molecule has 0 radical (unpaired) electrons. The average Bonchev–Trinajstić information content (AvgIpc) is 3.28. The number of thioether (sulfide) groups is 1. The van der Waals surface area contributed by atoms with E-state index >= 15 is 0 Å². The van der Waals surface area contributed by atoms with Crippen molar-refractivity contribution in [1.82, 2.24) is 28.6 Å². The van der Waals surface area contributed by atoms with E-state index in [1.165, 1.54) is 6.33 Å². The van der Waals surface area contributed by atoms with Crippen molar-refractivity contribution in [2.75, 3.05) is 13.1 Å². The number of imidazole rings is 1. The molecule has 150 valence electrons. The lowest BCUT2D eigenvalue weighted by molar-refractivity contribution is 0.346. The molecule has 4 rings (SSSR count). The van der Waals surface area contributed by atoms with Crippen LogP contribution in [0.1, 0.15) is 32.0 Å². The predicted octanol–water partition coefficient (Wildman–Crippen LogP) is 2.65. The summed E-state index contributed by atoms with van der Waals surface area (Å²) in [6.07, 6.45) is 4.48. The number of sulfonamides is 1. The molecule has 3 heterocycles. The standard InChI is InChI=1S/C18H24N6O2S2/c1-3-24-16-8-7-14(28(25,26)23-9-5-4-6-10-23)11-15(16)21-18(24)27-12-17-19-13-20-22(17)2/h7-8,11,13H,3-6,9-10,12H2,1-2H3. The Morgan fingerprint density at radius 3 is 2.64 bits per heavy atom. The zero-order valence-corrected chi connectivity index (χ0v) is 17.7. The molecule has 10 heteroatoms. The first-order chi connectivity index (χ1) is 13.5. The molecule has 28 heavy (non-hydrogen) atoms. The van der Waals surface area contributed by atoms with E-state index in [2.05, 4.69) is 21.6 Å². The van der Waals surface area contributed by atoms with Gasteiger partial charge in [-0.05, 0) is 38.0 Å². The maximum Gasteiger partial charge on any atom is 0.243 e. The van der Waals surface area contributed by atoms with Crippen molar-refractivity contribution in [3.05, 3.63) is 30.4 Å². The van der Waals surface area contributed by atoms with Gasteiger partial charge in [0.2, 0.25) is 10.0 Å². The Bertz CT molecular complexity index is 1080. The number of aromatic nitrogens is 5. The monoisotopic (exact) mass is 420 g/mol. The second-order valence-electron chi connectivity index (χ2n) is 6.84. The van der Waals surface area contributed by atoms with E-state index in [-0.39, 0.29) is 0 Å². The van der Waals surface area contributed by atoms with Gasteiger partial charge in [-0.15, -0.1) is 0 Å². The van der Waals surface area contributed by atoms with Crippen molar-refractivity contribution in [3.8, 4) is 0 Å². The molecule has 0 unspecified atom stereocenters. The van der Waals surface area contributed by atoms with Crippen LogP contribution in [-0.4, -0.2) is 50.1 Å². The Morgan fingerprint density at radius 1 is 1.18 bits per heavy atom. The van der Waals surface area contributed by atoms with Gasteiger partial charge in [0, 0.05) is 26.7 Å². The van der Waals surface area contributed by atoms with Gasteiger partial charge in [-0.25, -0.2) is 18.4 Å². The van der Waals surface area contributed by atoms with Gasteiger partial charge in [-0.2, -0.15) is 9.40 Å². The van der Waals surface area contributed by atoms with Crippen molar-refractivity contribution in [2.45, 2.75) is 48.5 Å². The molecule has 1 aliphatic heterocycles. The second-order valence-corrected chi connectivity index (χ2v) is 9.72. The minimum atomic E-state index is -3.46. The predicted molar refractivity (Wildman–Crippen MR) is 109 cm³/mol. The lowest BCUT2D eigenvalue weighted by Crippen LogP contribution is -2.35. The molecule has 0 saturated carbocycles. The van der Waals surface area contributed by atoms with Crippen LogP contribution >= 0.6 is 11.8 Å². The first-order valence-electron chi connectivity index (χ1n) is 9.47. The molecule has 1 aromatic carbocycles. The third-order valence-corrected chi connectivity index (χ3v) is 7.96. The molecule has 1 aliphatic rings. The minimum Gasteiger partial charge on any atom is -0.319 e. The fourth-order valence-corrected chi connectivity index (χ4v) is 6.10. The quantitative estimate of drug-likeness (QED) is 0.570. The summed E-state index contributed by atoms with van der Waals surface area (Å²) >= 11 is 1.58. The van der Waals surface area contributed by atoms with Crippen molar-refractivity contribution < 1.29 is 8.42 Å². The van der Waals surface area contributed by atoms with Gasteiger partial charge in [-0.1, -0.05) is 18.2 Å². The summed E-state index contributed by atoms with van der Waals surface area (Å²) in [7, 11) is -1.60. The molecule has 0 aliphatic carbocycles. The molecule has 1 fully saturated rings. The number of nitrogens with zero attached hydrogens (tertiary/aromatic N) is 6. The van der Waals surface area contributed by atoms with Gasteiger partial charge in [0.1, 0.15) is 12.2 Å². The molecule has 8 nitrogen and oxygen atoms in total. The summed E-state index contributed by atoms with van der Waals surface area (Å²) in [6, 6.07) is 5.28. The largest absolute Gasteiger partial charge is 0.319 e. The minimum absolute atomic E-state index is 0.326. The van der Waals surface area contributed by atoms with E-state index in [1.54, 1.807) is 32.9 Å². The summed E-state index contributed by atoms with van der Waals surface area (Å²) < 4.78 is 31.4. The van der Waals surface area contributed by atoms with Crippen LogP contribution in [0.4, 0.5) is 0 Å². The Kier molecular flexibility index (Phi) is 5.44. The van der Waals surface area contributed by atoms with Crippen molar-refractivity contribution in [2.24, 2.45) is 7.05 Å². The summed E-state index contributed by atoms with van der Waals surface area (Å²) in [6.45, 7) is 4.02. The molecule has 0 bridgehead atoms. The van der Waals surface area contributed by atoms with Gasteiger partial charge in [-0.3, -0.25) is 4.68 Å². The maximum absolute atomic E-state index is 13.0. The van der Waals surface area contributed by atoms with E-state index in [4.69, 9.17) is 4.98 Å². The molecular formula is C18H24N6O2S2. The van der Waals surface area contributed by atoms with E-state index in [1.807, 2.05) is 13.1 Å². The molecule has 0 atom stereocenters. The van der Waals surface area contributed by atoms with Crippen molar-refractivity contribution >= 4 is 32.8 Å². The smallest absolute Gasteiger partial charge is 0.243 e. The van der Waals surface area contributed by atoms with Crippen LogP contribution in [0.2, 0.25) is 0 Å². The average molecular weight is 421 g/mol. The van der Waals surface area contributed by atoms with Crippen LogP contribution in [0.15, 0.2) is 34.6 Å². The lowest BCUT2D eigenvalue weighted by Gasteiger charge is -2.25. The number of hydrogen-bond acceptors (Lipinski definition) is 6. The van der Waals surface area contributed by atoms with Crippen LogP contribution in [0.3, 0.4) is 0 Å². The van der Waals surface area contributed by atoms with Crippen molar-refractivity contribution in [1.29, 1.82) is 0 Å². The summed E-state index contributed by atoms with van der Waals surface area (Å²) in [5.41, 5.74) is 1.65. The highest BCUT2D eigenvalue weighted by atomic mass is 32.2. The molecular weight excluding hydrogens is 396 g/mol. The van der Waals surface area contributed by atoms with E-state index in [0.717, 1.165) is 42.3 Å². The summed E-state index contributed by atoms with van der Waals surface area (Å²) in [5.74, 6) is 1.52. The van der Waals surface area contributed by atoms with E-state index < -0.39 is 10.0 Å².